The highest BCUT2D eigenvalue weighted by atomic mass is 16.5. The number of aliphatic carboxylic acids is 1. The summed E-state index contributed by atoms with van der Waals surface area (Å²) in [5, 5.41) is 17.8. The van der Waals surface area contributed by atoms with Gasteiger partial charge in [0.05, 0.1) is 67.8 Å². The Morgan fingerprint density at radius 2 is 0.696 bits per heavy atom. The lowest BCUT2D eigenvalue weighted by molar-refractivity contribution is -0.139. The summed E-state index contributed by atoms with van der Waals surface area (Å²) in [6, 6.07) is 12.9. The highest BCUT2D eigenvalue weighted by molar-refractivity contribution is 6.04. The van der Waals surface area contributed by atoms with E-state index in [9.17, 15) is 48.3 Å². The molecular formula is C61H83N17O14. The van der Waals surface area contributed by atoms with Crippen LogP contribution in [0.3, 0.4) is 0 Å². The van der Waals surface area contributed by atoms with Crippen LogP contribution >= 0.6 is 0 Å². The second-order valence-corrected chi connectivity index (χ2v) is 21.0. The second kappa shape index (κ2) is 37.2. The number of amides is 4. The molecule has 0 radical (unpaired) electrons. The van der Waals surface area contributed by atoms with E-state index in [4.69, 9.17) is 76.3 Å². The number of carboxylic acid groups (broad SMARTS) is 1. The van der Waals surface area contributed by atoms with Crippen LogP contribution in [0.2, 0.25) is 0 Å². The lowest BCUT2D eigenvalue weighted by atomic mass is 9.96. The lowest BCUT2D eigenvalue weighted by Crippen LogP contribution is -2.42. The van der Waals surface area contributed by atoms with E-state index in [2.05, 4.69) is 35.9 Å². The minimum absolute atomic E-state index is 0.00333. The third-order valence-corrected chi connectivity index (χ3v) is 14.0. The monoisotopic (exact) mass is 1280 g/mol. The van der Waals surface area contributed by atoms with Crippen molar-refractivity contribution in [2.75, 3.05) is 54.1 Å². The SMILES string of the molecule is COc1ccc(CC(=O)[C@@H](CCCN=C(N)N)NC(=O)c2cc(CC(=O)[C@@H](CCCN=C(N)N)NC(=O)c3cc(CC(=O)[C@@H](CCCN=C(N)N)NC(=O)c4cc(CC(=O)[C@H](N)CCCN=C(N)N)ccc4OC)ccc3OCC(=O)O)ccc2OC)cc1C(N)=O. The zero-order chi connectivity index (χ0) is 68.0. The number of aliphatic imine (C=N–C) groups is 4. The number of nitrogens with one attached hydrogen (secondary N) is 3. The number of benzene rings is 4. The number of Topliss-reactive ketones (excluding diaryl/α,β-unsaturated/α-hetero) is 4. The molecule has 496 valence electrons. The van der Waals surface area contributed by atoms with E-state index in [1.807, 2.05) is 0 Å². The number of nitrogens with two attached hydrogens (primary N) is 10. The van der Waals surface area contributed by atoms with Gasteiger partial charge in [0, 0.05) is 51.9 Å². The van der Waals surface area contributed by atoms with Crippen molar-refractivity contribution in [1.29, 1.82) is 0 Å². The van der Waals surface area contributed by atoms with E-state index in [0.29, 0.717) is 24.0 Å². The van der Waals surface area contributed by atoms with Crippen molar-refractivity contribution in [1.82, 2.24) is 16.0 Å². The summed E-state index contributed by atoms with van der Waals surface area (Å²) >= 11 is 0. The van der Waals surface area contributed by atoms with Crippen molar-refractivity contribution >= 4 is 76.6 Å². The van der Waals surface area contributed by atoms with Crippen LogP contribution in [0.1, 0.15) is 115 Å². The molecule has 92 heavy (non-hydrogen) atoms. The zero-order valence-corrected chi connectivity index (χ0v) is 51.6. The molecule has 24 N–H and O–H groups in total. The van der Waals surface area contributed by atoms with E-state index in [1.54, 1.807) is 12.1 Å². The Bertz CT molecular complexity index is 3410. The molecule has 0 aromatic heterocycles. The Morgan fingerprint density at radius 3 is 1.00 bits per heavy atom. The first-order valence-electron chi connectivity index (χ1n) is 29.0. The molecule has 0 saturated heterocycles. The molecule has 0 spiro atoms. The van der Waals surface area contributed by atoms with Crippen LogP contribution in [-0.4, -0.2) is 160 Å². The third-order valence-electron chi connectivity index (χ3n) is 14.0. The van der Waals surface area contributed by atoms with Gasteiger partial charge >= 0.3 is 5.97 Å². The molecule has 0 heterocycles. The van der Waals surface area contributed by atoms with E-state index >= 15 is 0 Å². The van der Waals surface area contributed by atoms with Crippen molar-refractivity contribution < 1.29 is 67.2 Å². The fourth-order valence-electron chi connectivity index (χ4n) is 9.42. The lowest BCUT2D eigenvalue weighted by Gasteiger charge is -2.21. The van der Waals surface area contributed by atoms with Gasteiger partial charge in [-0.2, -0.15) is 0 Å². The molecule has 4 aromatic carbocycles. The Kier molecular flexibility index (Phi) is 29.8. The Balaban J connectivity index is 1.65. The first kappa shape index (κ1) is 73.6. The van der Waals surface area contributed by atoms with E-state index in [0.717, 1.165) is 0 Å². The van der Waals surface area contributed by atoms with Gasteiger partial charge in [-0.25, -0.2) is 4.79 Å². The number of rotatable bonds is 41. The number of hydrogen-bond acceptors (Lipinski definition) is 18. The summed E-state index contributed by atoms with van der Waals surface area (Å²) in [5.41, 5.74) is 56.8. The zero-order valence-electron chi connectivity index (χ0n) is 51.6. The van der Waals surface area contributed by atoms with Crippen molar-refractivity contribution in [3.05, 3.63) is 117 Å². The van der Waals surface area contributed by atoms with Gasteiger partial charge in [0.1, 0.15) is 23.0 Å². The number of guanidine groups is 4. The summed E-state index contributed by atoms with van der Waals surface area (Å²) in [4.78, 5) is 139. The van der Waals surface area contributed by atoms with Crippen LogP contribution in [0, 0.1) is 0 Å². The first-order chi connectivity index (χ1) is 43.7. The Labute approximate surface area is 530 Å². The predicted molar refractivity (Wildman–Crippen MR) is 343 cm³/mol. The molecule has 4 rings (SSSR count). The standard InChI is InChI=1S/C61H83N17O14/c1-89-49-16-12-33(24-37(49)54(63)85)29-46(80)42(9-5-21-73-59(66)67)76-56(87)39-26-35(14-18-51(39)91-3)30-47(81)44(11-7-23-75-61(70)71)78-57(88)40-27-36(15-19-52(40)92-32-53(83)84)31-48(82)43(10-6-22-74-60(68)69)77-55(86)38-25-34(13-17-50(38)90-2)28-45(79)41(62)8-4-20-72-58(64)65/h12-19,24-27,41-44H,4-11,20-23,28-32,62H2,1-3H3,(H2,63,85)(H,76,87)(H,77,86)(H,78,88)(H,83,84)(H4,64,65,72)(H4,66,67,73)(H4,68,69,74)(H4,70,71,75)/t41-,42-,43-,44-/m1/s1. The fourth-order valence-corrected chi connectivity index (χ4v) is 9.42. The molecule has 4 amide bonds. The third kappa shape index (κ3) is 24.6. The number of ketones is 4. The van der Waals surface area contributed by atoms with Gasteiger partial charge in [-0.1, -0.05) is 24.3 Å². The average molecular weight is 1280 g/mol. The summed E-state index contributed by atoms with van der Waals surface area (Å²) in [6.45, 7) is -0.372. The van der Waals surface area contributed by atoms with Crippen LogP contribution in [-0.2, 0) is 49.7 Å². The highest BCUT2D eigenvalue weighted by Gasteiger charge is 2.29. The fraction of sp³-hybridized carbons (Fsp3) is 0.393. The maximum absolute atomic E-state index is 14.6. The molecule has 31 heteroatoms. The number of carbonyl (C=O) groups excluding carboxylic acids is 8. The average Bonchev–Trinajstić information content (AvgIpc) is 1.23. The van der Waals surface area contributed by atoms with Crippen molar-refractivity contribution in [2.45, 2.75) is 101 Å². The maximum atomic E-state index is 14.6. The molecule has 0 fully saturated rings. The molecule has 4 atom stereocenters. The topological polar surface area (TPSA) is 557 Å². The van der Waals surface area contributed by atoms with Crippen molar-refractivity contribution in [2.24, 2.45) is 77.3 Å². The number of primary amides is 1. The van der Waals surface area contributed by atoms with Crippen LogP contribution in [0.4, 0.5) is 0 Å². The van der Waals surface area contributed by atoms with Crippen LogP contribution in [0.5, 0.6) is 23.0 Å². The summed E-state index contributed by atoms with van der Waals surface area (Å²) in [5.74, 6) is -7.01. The second-order valence-electron chi connectivity index (χ2n) is 21.0. The summed E-state index contributed by atoms with van der Waals surface area (Å²) in [7, 11) is 4.02. The van der Waals surface area contributed by atoms with Crippen LogP contribution in [0.15, 0.2) is 92.8 Å². The molecule has 31 nitrogen and oxygen atoms in total. The quantitative estimate of drug-likeness (QED) is 0.0139. The molecule has 0 aliphatic heterocycles. The first-order valence-corrected chi connectivity index (χ1v) is 29.0. The van der Waals surface area contributed by atoms with Gasteiger partial charge in [-0.05, 0) is 122 Å². The number of carbonyl (C=O) groups is 9. The molecule has 4 aromatic rings. The summed E-state index contributed by atoms with van der Waals surface area (Å²) in [6.07, 6.45) is 0.228. The minimum Gasteiger partial charge on any atom is -0.496 e. The Hall–Kier alpha value is -10.9. The van der Waals surface area contributed by atoms with Gasteiger partial charge in [0.25, 0.3) is 23.6 Å². The molecule has 0 saturated carbocycles. The van der Waals surface area contributed by atoms with Gasteiger partial charge in [0.15, 0.2) is 53.6 Å². The van der Waals surface area contributed by atoms with Gasteiger partial charge in [-0.3, -0.25) is 58.3 Å². The maximum Gasteiger partial charge on any atom is 0.341 e. The number of methoxy groups -OCH3 is 3. The van der Waals surface area contributed by atoms with Gasteiger partial charge in [-0.15, -0.1) is 0 Å². The van der Waals surface area contributed by atoms with E-state index in [-0.39, 0.29) is 164 Å². The van der Waals surface area contributed by atoms with E-state index in [1.165, 1.54) is 82.0 Å². The number of nitrogens with zero attached hydrogens (tertiary/aromatic N) is 4. The predicted octanol–water partition coefficient (Wildman–Crippen LogP) is -1.34. The molecule has 0 unspecified atom stereocenters. The smallest absolute Gasteiger partial charge is 0.341 e. The van der Waals surface area contributed by atoms with Crippen molar-refractivity contribution in [3.63, 3.8) is 0 Å². The van der Waals surface area contributed by atoms with Crippen LogP contribution in [0.25, 0.3) is 0 Å². The van der Waals surface area contributed by atoms with Crippen molar-refractivity contribution in [3.8, 4) is 23.0 Å². The molecule has 0 bridgehead atoms. The Morgan fingerprint density at radius 1 is 0.413 bits per heavy atom. The number of ether oxygens (including phenoxy) is 4. The molecule has 0 aliphatic rings. The number of hydrogen-bond donors (Lipinski definition) is 14. The van der Waals surface area contributed by atoms with Crippen LogP contribution < -0.4 is 92.2 Å². The number of carboxylic acids is 1. The summed E-state index contributed by atoms with van der Waals surface area (Å²) < 4.78 is 21.8. The van der Waals surface area contributed by atoms with Gasteiger partial charge < -0.3 is 97.3 Å². The normalized spacial score (nSPS) is 12.0. The largest absolute Gasteiger partial charge is 0.496 e. The van der Waals surface area contributed by atoms with E-state index < -0.39 is 90.6 Å². The highest BCUT2D eigenvalue weighted by Crippen LogP contribution is 2.27. The minimum atomic E-state index is -1.39. The molecular weight excluding hydrogens is 1190 g/mol. The molecule has 0 aliphatic carbocycles. The van der Waals surface area contributed by atoms with Gasteiger partial charge in [0.2, 0.25) is 0 Å².